The molecule has 0 aliphatic rings. The molecule has 3 heteroatoms. The molecule has 0 amide bonds. The average molecular weight is 265 g/mol. The smallest absolute Gasteiger partial charge is 0.134 e. The van der Waals surface area contributed by atoms with Gasteiger partial charge in [-0.05, 0) is 50.1 Å². The zero-order valence-electron chi connectivity index (χ0n) is 5.32. The molecule has 10 heavy (non-hydrogen) atoms. The topological polar surface area (TPSA) is 9.23 Å². The highest BCUT2D eigenvalue weighted by molar-refractivity contribution is 9.13. The number of ether oxygens (including phenoxy) is 1. The molecule has 0 fully saturated rings. The van der Waals surface area contributed by atoms with Crippen LogP contribution in [0.1, 0.15) is 0 Å². The third-order valence-corrected chi connectivity index (χ3v) is 3.05. The summed E-state index contributed by atoms with van der Waals surface area (Å²) in [5.74, 6) is 0.786. The van der Waals surface area contributed by atoms with Gasteiger partial charge < -0.3 is 4.74 Å². The fraction of sp³-hybridized carbons (Fsp3) is 0.143. The summed E-state index contributed by atoms with van der Waals surface area (Å²) >= 11 is 6.68. The second-order valence-electron chi connectivity index (χ2n) is 1.69. The van der Waals surface area contributed by atoms with Gasteiger partial charge in [0.1, 0.15) is 5.75 Å². The maximum Gasteiger partial charge on any atom is 0.134 e. The molecule has 0 bridgehead atoms. The first kappa shape index (κ1) is 8.08. The van der Waals surface area contributed by atoms with Gasteiger partial charge in [-0.2, -0.15) is 0 Å². The second kappa shape index (κ2) is 3.39. The van der Waals surface area contributed by atoms with E-state index < -0.39 is 0 Å². The van der Waals surface area contributed by atoms with Gasteiger partial charge in [-0.3, -0.25) is 0 Å². The van der Waals surface area contributed by atoms with Gasteiger partial charge in [0.2, 0.25) is 0 Å². The Morgan fingerprint density at radius 3 is 2.60 bits per heavy atom. The third-order valence-electron chi connectivity index (χ3n) is 1.07. The van der Waals surface area contributed by atoms with Crippen LogP contribution in [0.2, 0.25) is 0 Å². The fourth-order valence-electron chi connectivity index (χ4n) is 0.583. The van der Waals surface area contributed by atoms with Crippen LogP contribution in [0.3, 0.4) is 0 Å². The van der Waals surface area contributed by atoms with Gasteiger partial charge in [-0.15, -0.1) is 0 Å². The summed E-state index contributed by atoms with van der Waals surface area (Å²) in [5.41, 5.74) is 0. The fourth-order valence-corrected chi connectivity index (χ4v) is 1.30. The molecule has 1 radical (unpaired) electrons. The van der Waals surface area contributed by atoms with Crippen LogP contribution in [0.4, 0.5) is 0 Å². The summed E-state index contributed by atoms with van der Waals surface area (Å²) in [6.45, 7) is 0. The van der Waals surface area contributed by atoms with Gasteiger partial charge >= 0.3 is 0 Å². The first-order valence-electron chi connectivity index (χ1n) is 2.65. The van der Waals surface area contributed by atoms with Crippen molar-refractivity contribution in [2.24, 2.45) is 0 Å². The van der Waals surface area contributed by atoms with Crippen molar-refractivity contribution in [3.05, 3.63) is 27.1 Å². The summed E-state index contributed by atoms with van der Waals surface area (Å²) in [4.78, 5) is 0. The van der Waals surface area contributed by atoms with Crippen molar-refractivity contribution in [3.8, 4) is 5.75 Å². The lowest BCUT2D eigenvalue weighted by Crippen LogP contribution is -1.83. The molecule has 0 aliphatic carbocycles. The van der Waals surface area contributed by atoms with Gasteiger partial charge in [0, 0.05) is 4.47 Å². The molecule has 0 atom stereocenters. The summed E-state index contributed by atoms with van der Waals surface area (Å²) in [7, 11) is 1.63. The molecule has 1 rings (SSSR count). The van der Waals surface area contributed by atoms with Crippen molar-refractivity contribution in [1.29, 1.82) is 0 Å². The Morgan fingerprint density at radius 1 is 1.40 bits per heavy atom. The van der Waals surface area contributed by atoms with Gasteiger partial charge in [0.05, 0.1) is 11.6 Å². The number of rotatable bonds is 1. The predicted octanol–water partition coefficient (Wildman–Crippen LogP) is 3.02. The molecular formula is C7H5Br2O. The number of benzene rings is 1. The van der Waals surface area contributed by atoms with Crippen molar-refractivity contribution >= 4 is 31.9 Å². The van der Waals surface area contributed by atoms with Crippen LogP contribution < -0.4 is 4.74 Å². The van der Waals surface area contributed by atoms with Crippen molar-refractivity contribution < 1.29 is 4.74 Å². The van der Waals surface area contributed by atoms with Crippen molar-refractivity contribution in [3.63, 3.8) is 0 Å². The van der Waals surface area contributed by atoms with Gasteiger partial charge in [0.25, 0.3) is 0 Å². The summed E-state index contributed by atoms with van der Waals surface area (Å²) < 4.78 is 6.89. The Bertz CT molecular complexity index is 235. The maximum absolute atomic E-state index is 5.02. The average Bonchev–Trinajstić information content (AvgIpc) is 1.95. The Morgan fingerprint density at radius 2 is 2.10 bits per heavy atom. The maximum atomic E-state index is 5.02. The van der Waals surface area contributed by atoms with Crippen LogP contribution in [0, 0.1) is 6.07 Å². The molecule has 0 spiro atoms. The van der Waals surface area contributed by atoms with E-state index in [9.17, 15) is 0 Å². The first-order valence-corrected chi connectivity index (χ1v) is 4.23. The molecule has 0 saturated heterocycles. The molecule has 1 aromatic carbocycles. The van der Waals surface area contributed by atoms with E-state index in [1.165, 1.54) is 0 Å². The molecule has 0 unspecified atom stereocenters. The van der Waals surface area contributed by atoms with Gasteiger partial charge in [-0.1, -0.05) is 0 Å². The molecule has 53 valence electrons. The minimum Gasteiger partial charge on any atom is -0.496 e. The van der Waals surface area contributed by atoms with Crippen molar-refractivity contribution in [1.82, 2.24) is 0 Å². The summed E-state index contributed by atoms with van der Waals surface area (Å²) in [6, 6.07) is 6.52. The molecule has 0 N–H and O–H groups in total. The minimum atomic E-state index is 0.786. The van der Waals surface area contributed by atoms with E-state index in [1.54, 1.807) is 13.2 Å². The molecule has 1 aromatic rings. The number of hydrogen-bond acceptors (Lipinski definition) is 1. The van der Waals surface area contributed by atoms with E-state index in [0.717, 1.165) is 14.7 Å². The Hall–Kier alpha value is -0.0200. The van der Waals surface area contributed by atoms with E-state index in [0.29, 0.717) is 0 Å². The highest BCUT2D eigenvalue weighted by atomic mass is 79.9. The second-order valence-corrected chi connectivity index (χ2v) is 3.33. The van der Waals surface area contributed by atoms with E-state index in [-0.39, 0.29) is 0 Å². The highest BCUT2D eigenvalue weighted by Crippen LogP contribution is 2.31. The van der Waals surface area contributed by atoms with E-state index >= 15 is 0 Å². The van der Waals surface area contributed by atoms with E-state index in [4.69, 9.17) is 4.74 Å². The summed E-state index contributed by atoms with van der Waals surface area (Å²) in [5, 5.41) is 0. The monoisotopic (exact) mass is 263 g/mol. The molecule has 0 aromatic heterocycles. The highest BCUT2D eigenvalue weighted by Gasteiger charge is 2.01. The van der Waals surface area contributed by atoms with Crippen LogP contribution in [-0.2, 0) is 0 Å². The molecule has 1 nitrogen and oxygen atoms in total. The third kappa shape index (κ3) is 1.52. The number of methoxy groups -OCH3 is 1. The molecular weight excluding hydrogens is 260 g/mol. The summed E-state index contributed by atoms with van der Waals surface area (Å²) in [6.07, 6.45) is 0. The lowest BCUT2D eigenvalue weighted by molar-refractivity contribution is 0.411. The normalized spacial score (nSPS) is 9.50. The number of hydrogen-bond donors (Lipinski definition) is 0. The van der Waals surface area contributed by atoms with Crippen LogP contribution in [0.15, 0.2) is 21.1 Å². The SMILES string of the molecule is COc1c[c]cc(Br)c1Br. The minimum absolute atomic E-state index is 0.786. The quantitative estimate of drug-likeness (QED) is 0.758. The van der Waals surface area contributed by atoms with Gasteiger partial charge in [0.15, 0.2) is 0 Å². The first-order chi connectivity index (χ1) is 4.75. The lowest BCUT2D eigenvalue weighted by Gasteiger charge is -2.02. The van der Waals surface area contributed by atoms with E-state index in [1.807, 2.05) is 6.07 Å². The Labute approximate surface area is 76.6 Å². The van der Waals surface area contributed by atoms with Crippen molar-refractivity contribution in [2.75, 3.05) is 7.11 Å². The molecule has 0 saturated carbocycles. The lowest BCUT2D eigenvalue weighted by atomic mass is 10.3. The van der Waals surface area contributed by atoms with Crippen molar-refractivity contribution in [2.45, 2.75) is 0 Å². The number of halogens is 2. The Kier molecular flexibility index (Phi) is 2.74. The zero-order valence-corrected chi connectivity index (χ0v) is 8.49. The Balaban J connectivity index is 3.14. The van der Waals surface area contributed by atoms with Crippen LogP contribution in [-0.4, -0.2) is 7.11 Å². The standard InChI is InChI=1S/C7H5Br2O/c1-10-6-4-2-3-5(8)7(6)9/h3-4H,1H3. The van der Waals surface area contributed by atoms with Gasteiger partial charge in [-0.25, -0.2) is 0 Å². The zero-order chi connectivity index (χ0) is 7.56. The van der Waals surface area contributed by atoms with Crippen LogP contribution in [0.5, 0.6) is 5.75 Å². The molecule has 0 heterocycles. The van der Waals surface area contributed by atoms with Crippen LogP contribution >= 0.6 is 31.9 Å². The van der Waals surface area contributed by atoms with E-state index in [2.05, 4.69) is 37.9 Å². The van der Waals surface area contributed by atoms with Crippen LogP contribution in [0.25, 0.3) is 0 Å². The predicted molar refractivity (Wildman–Crippen MR) is 47.2 cm³/mol. The molecule has 0 aliphatic heterocycles. The largest absolute Gasteiger partial charge is 0.496 e.